The lowest BCUT2D eigenvalue weighted by Gasteiger charge is -2.23. The van der Waals surface area contributed by atoms with Gasteiger partial charge in [-0.25, -0.2) is 0 Å². The van der Waals surface area contributed by atoms with Gasteiger partial charge in [-0.2, -0.15) is 0 Å². The van der Waals surface area contributed by atoms with Crippen molar-refractivity contribution in [1.82, 2.24) is 0 Å². The van der Waals surface area contributed by atoms with Gasteiger partial charge in [-0.15, -0.1) is 0 Å². The maximum Gasteiger partial charge on any atom is 0.123 e. The van der Waals surface area contributed by atoms with Gasteiger partial charge in [0.2, 0.25) is 0 Å². The molecule has 1 N–H and O–H groups in total. The van der Waals surface area contributed by atoms with Crippen molar-refractivity contribution in [3.63, 3.8) is 0 Å². The molecule has 4 aromatic rings. The van der Waals surface area contributed by atoms with Crippen LogP contribution in [0.25, 0.3) is 32.7 Å². The molecule has 0 atom stereocenters. The summed E-state index contributed by atoms with van der Waals surface area (Å²) in [6, 6.07) is 23.1. The van der Waals surface area contributed by atoms with E-state index >= 15 is 0 Å². The maximum absolute atomic E-state index is 10.6. The number of benzene rings is 4. The minimum atomic E-state index is -0.132. The minimum absolute atomic E-state index is 0.132. The third-order valence-corrected chi connectivity index (χ3v) is 5.52. The summed E-state index contributed by atoms with van der Waals surface area (Å²) < 4.78 is 0. The monoisotopic (exact) mass is 310 g/mol. The van der Waals surface area contributed by atoms with Crippen LogP contribution in [0.2, 0.25) is 0 Å². The molecule has 0 heterocycles. The molecule has 0 fully saturated rings. The standard InChI is InChI=1S/C23H18O/c1-23(2)19-13-20(24)16-9-5-6-10-17(16)21(19)18-12-11-14-7-3-4-8-15(14)22(18)23/h3-13,24H,1-2H3. The molecule has 1 heteroatoms. The Bertz CT molecular complexity index is 1140. The normalized spacial score (nSPS) is 14.8. The van der Waals surface area contributed by atoms with Crippen LogP contribution in [0, 0.1) is 0 Å². The van der Waals surface area contributed by atoms with E-state index in [2.05, 4.69) is 56.3 Å². The van der Waals surface area contributed by atoms with Gasteiger partial charge in [-0.1, -0.05) is 74.5 Å². The van der Waals surface area contributed by atoms with Crippen molar-refractivity contribution in [3.05, 3.63) is 77.9 Å². The number of hydrogen-bond donors (Lipinski definition) is 1. The van der Waals surface area contributed by atoms with Crippen molar-refractivity contribution < 1.29 is 5.11 Å². The molecule has 0 aromatic heterocycles. The molecule has 0 aliphatic heterocycles. The third-order valence-electron chi connectivity index (χ3n) is 5.52. The first-order valence-corrected chi connectivity index (χ1v) is 8.37. The molecule has 0 amide bonds. The van der Waals surface area contributed by atoms with E-state index in [1.54, 1.807) is 0 Å². The van der Waals surface area contributed by atoms with Crippen LogP contribution in [0.1, 0.15) is 25.0 Å². The van der Waals surface area contributed by atoms with Crippen LogP contribution in [-0.4, -0.2) is 5.11 Å². The van der Waals surface area contributed by atoms with Gasteiger partial charge in [0, 0.05) is 10.8 Å². The van der Waals surface area contributed by atoms with E-state index in [-0.39, 0.29) is 5.41 Å². The topological polar surface area (TPSA) is 20.2 Å². The van der Waals surface area contributed by atoms with E-state index < -0.39 is 0 Å². The summed E-state index contributed by atoms with van der Waals surface area (Å²) in [6.07, 6.45) is 0. The minimum Gasteiger partial charge on any atom is -0.507 e. The Kier molecular flexibility index (Phi) is 2.49. The Morgan fingerprint density at radius 3 is 2.21 bits per heavy atom. The van der Waals surface area contributed by atoms with Crippen molar-refractivity contribution in [1.29, 1.82) is 0 Å². The van der Waals surface area contributed by atoms with E-state index in [0.29, 0.717) is 5.75 Å². The number of hydrogen-bond acceptors (Lipinski definition) is 1. The average molecular weight is 310 g/mol. The van der Waals surface area contributed by atoms with Gasteiger partial charge in [-0.3, -0.25) is 0 Å². The molecule has 1 nitrogen and oxygen atoms in total. The number of rotatable bonds is 0. The van der Waals surface area contributed by atoms with Crippen molar-refractivity contribution in [2.45, 2.75) is 19.3 Å². The van der Waals surface area contributed by atoms with Crippen LogP contribution in [0.3, 0.4) is 0 Å². The maximum atomic E-state index is 10.6. The van der Waals surface area contributed by atoms with Gasteiger partial charge in [0.15, 0.2) is 0 Å². The molecular weight excluding hydrogens is 292 g/mol. The highest BCUT2D eigenvalue weighted by Gasteiger charge is 2.38. The Hall–Kier alpha value is -2.80. The molecule has 0 saturated heterocycles. The van der Waals surface area contributed by atoms with Crippen molar-refractivity contribution in [3.8, 4) is 16.9 Å². The molecule has 0 unspecified atom stereocenters. The molecule has 0 saturated carbocycles. The van der Waals surface area contributed by atoms with Gasteiger partial charge in [0.05, 0.1) is 0 Å². The third kappa shape index (κ3) is 1.54. The molecule has 116 valence electrons. The zero-order valence-corrected chi connectivity index (χ0v) is 13.8. The second-order valence-electron chi connectivity index (χ2n) is 7.20. The lowest BCUT2D eigenvalue weighted by Crippen LogP contribution is -2.15. The van der Waals surface area contributed by atoms with Crippen LogP contribution in [0.15, 0.2) is 66.7 Å². The summed E-state index contributed by atoms with van der Waals surface area (Å²) in [5.74, 6) is 0.370. The first-order valence-electron chi connectivity index (χ1n) is 8.37. The number of phenolic OH excluding ortho intramolecular Hbond substituents is 1. The Morgan fingerprint density at radius 1 is 0.750 bits per heavy atom. The quantitative estimate of drug-likeness (QED) is 0.422. The van der Waals surface area contributed by atoms with Crippen LogP contribution in [0.5, 0.6) is 5.75 Å². The fourth-order valence-electron chi connectivity index (χ4n) is 4.43. The summed E-state index contributed by atoms with van der Waals surface area (Å²) in [5, 5.41) is 15.2. The summed E-state index contributed by atoms with van der Waals surface area (Å²) in [5.41, 5.74) is 5.02. The number of aromatic hydroxyl groups is 1. The molecule has 5 rings (SSSR count). The highest BCUT2D eigenvalue weighted by atomic mass is 16.3. The van der Waals surface area contributed by atoms with E-state index in [9.17, 15) is 5.11 Å². The molecule has 0 bridgehead atoms. The summed E-state index contributed by atoms with van der Waals surface area (Å²) in [4.78, 5) is 0. The lowest BCUT2D eigenvalue weighted by molar-refractivity contribution is 0.479. The fraction of sp³-hybridized carbons (Fsp3) is 0.130. The highest BCUT2D eigenvalue weighted by molar-refractivity contribution is 6.08. The van der Waals surface area contributed by atoms with E-state index in [0.717, 1.165) is 10.8 Å². The summed E-state index contributed by atoms with van der Waals surface area (Å²) in [7, 11) is 0. The predicted molar refractivity (Wildman–Crippen MR) is 101 cm³/mol. The van der Waals surface area contributed by atoms with Gasteiger partial charge in [0.25, 0.3) is 0 Å². The van der Waals surface area contributed by atoms with Gasteiger partial charge >= 0.3 is 0 Å². The zero-order chi connectivity index (χ0) is 16.5. The molecule has 1 aliphatic rings. The van der Waals surface area contributed by atoms with Gasteiger partial charge in [0.1, 0.15) is 5.75 Å². The lowest BCUT2D eigenvalue weighted by atomic mass is 9.80. The molecule has 0 spiro atoms. The number of phenols is 1. The molecule has 0 radical (unpaired) electrons. The smallest absolute Gasteiger partial charge is 0.123 e. The van der Waals surface area contributed by atoms with E-state index in [4.69, 9.17) is 0 Å². The first kappa shape index (κ1) is 13.6. The van der Waals surface area contributed by atoms with Crippen LogP contribution >= 0.6 is 0 Å². The largest absolute Gasteiger partial charge is 0.507 e. The summed E-state index contributed by atoms with van der Waals surface area (Å²) >= 11 is 0. The van der Waals surface area contributed by atoms with Gasteiger partial charge < -0.3 is 5.11 Å². The molecule has 1 aliphatic carbocycles. The average Bonchev–Trinajstić information content (AvgIpc) is 2.83. The zero-order valence-electron chi connectivity index (χ0n) is 13.8. The highest BCUT2D eigenvalue weighted by Crippen LogP contribution is 2.54. The number of fused-ring (bicyclic) bond motifs is 7. The first-order chi connectivity index (χ1) is 11.6. The molecule has 24 heavy (non-hydrogen) atoms. The van der Waals surface area contributed by atoms with Crippen molar-refractivity contribution in [2.24, 2.45) is 0 Å². The second kappa shape index (κ2) is 4.39. The Morgan fingerprint density at radius 2 is 1.42 bits per heavy atom. The molecular formula is C23H18O. The van der Waals surface area contributed by atoms with E-state index in [1.807, 2.05) is 24.3 Å². The van der Waals surface area contributed by atoms with Crippen LogP contribution in [0.4, 0.5) is 0 Å². The van der Waals surface area contributed by atoms with Crippen LogP contribution in [-0.2, 0) is 5.41 Å². The van der Waals surface area contributed by atoms with Crippen LogP contribution < -0.4 is 0 Å². The van der Waals surface area contributed by atoms with E-state index in [1.165, 1.54) is 33.0 Å². The SMILES string of the molecule is CC1(C)c2cc(O)c3ccccc3c2-c2ccc3ccccc3c21. The predicted octanol–water partition coefficient (Wildman–Crippen LogP) is 6.00. The van der Waals surface area contributed by atoms with Crippen molar-refractivity contribution >= 4 is 21.5 Å². The van der Waals surface area contributed by atoms with Gasteiger partial charge in [-0.05, 0) is 44.5 Å². The Labute approximate surface area is 141 Å². The fourth-order valence-corrected chi connectivity index (χ4v) is 4.43. The summed E-state index contributed by atoms with van der Waals surface area (Å²) in [6.45, 7) is 4.52. The second-order valence-corrected chi connectivity index (χ2v) is 7.20. The Balaban J connectivity index is 2.02. The molecule has 4 aromatic carbocycles. The van der Waals surface area contributed by atoms with Crippen molar-refractivity contribution in [2.75, 3.05) is 0 Å².